The molecule has 0 bridgehead atoms. The van der Waals surface area contributed by atoms with Gasteiger partial charge in [-0.2, -0.15) is 0 Å². The van der Waals surface area contributed by atoms with Crippen LogP contribution in [0.5, 0.6) is 0 Å². The van der Waals surface area contributed by atoms with Crippen molar-refractivity contribution < 1.29 is 0 Å². The average Bonchev–Trinajstić information content (AvgIpc) is 2.19. The molecule has 16 heavy (non-hydrogen) atoms. The maximum Gasteiger partial charge on any atom is 0.0573 e. The van der Waals surface area contributed by atoms with E-state index < -0.39 is 0 Å². The van der Waals surface area contributed by atoms with E-state index in [0.29, 0.717) is 6.04 Å². The molecule has 3 nitrogen and oxygen atoms in total. The quantitative estimate of drug-likeness (QED) is 0.815. The van der Waals surface area contributed by atoms with Gasteiger partial charge in [0, 0.05) is 31.9 Å². The van der Waals surface area contributed by atoms with Gasteiger partial charge in [0.25, 0.3) is 0 Å². The summed E-state index contributed by atoms with van der Waals surface area (Å²) in [4.78, 5) is 7.03. The van der Waals surface area contributed by atoms with Gasteiger partial charge in [0.05, 0.1) is 5.69 Å². The van der Waals surface area contributed by atoms with Crippen LogP contribution >= 0.6 is 0 Å². The van der Waals surface area contributed by atoms with Crippen molar-refractivity contribution in [3.05, 3.63) is 29.6 Å². The fraction of sp³-hybridized carbons (Fsp3) is 0.615. The highest BCUT2D eigenvalue weighted by Gasteiger charge is 2.24. The first-order chi connectivity index (χ1) is 7.81. The molecule has 1 N–H and O–H groups in total. The van der Waals surface area contributed by atoms with Crippen LogP contribution in [-0.4, -0.2) is 35.6 Å². The Morgan fingerprint density at radius 1 is 1.50 bits per heavy atom. The Morgan fingerprint density at radius 2 is 2.31 bits per heavy atom. The molecule has 1 saturated heterocycles. The molecule has 1 aromatic rings. The highest BCUT2D eigenvalue weighted by atomic mass is 15.2. The molecule has 2 heterocycles. The lowest BCUT2D eigenvalue weighted by molar-refractivity contribution is 0.136. The third kappa shape index (κ3) is 2.60. The molecule has 1 aromatic heterocycles. The van der Waals surface area contributed by atoms with Crippen LogP contribution in [0.15, 0.2) is 18.3 Å². The second-order valence-electron chi connectivity index (χ2n) is 4.55. The summed E-state index contributed by atoms with van der Waals surface area (Å²) in [6.45, 7) is 8.81. The van der Waals surface area contributed by atoms with Crippen LogP contribution < -0.4 is 5.32 Å². The average molecular weight is 219 g/mol. The van der Waals surface area contributed by atoms with Crippen molar-refractivity contribution in [3.8, 4) is 0 Å². The van der Waals surface area contributed by atoms with Gasteiger partial charge in [-0.1, -0.05) is 13.0 Å². The molecule has 0 radical (unpaired) electrons. The predicted molar refractivity (Wildman–Crippen MR) is 66.3 cm³/mol. The van der Waals surface area contributed by atoms with Crippen LogP contribution in [0.1, 0.15) is 24.6 Å². The van der Waals surface area contributed by atoms with Gasteiger partial charge >= 0.3 is 0 Å². The molecule has 0 atom stereocenters. The summed E-state index contributed by atoms with van der Waals surface area (Å²) >= 11 is 0. The van der Waals surface area contributed by atoms with E-state index in [1.54, 1.807) is 0 Å². The number of aryl methyl sites for hydroxylation is 1. The molecule has 0 aromatic carbocycles. The van der Waals surface area contributed by atoms with Crippen LogP contribution in [0.4, 0.5) is 0 Å². The third-order valence-electron chi connectivity index (χ3n) is 3.26. The second-order valence-corrected chi connectivity index (χ2v) is 4.55. The van der Waals surface area contributed by atoms with E-state index in [1.165, 1.54) is 24.2 Å². The Morgan fingerprint density at radius 3 is 2.88 bits per heavy atom. The predicted octanol–water partition coefficient (Wildman–Crippen LogP) is 1.57. The third-order valence-corrected chi connectivity index (χ3v) is 3.26. The minimum absolute atomic E-state index is 0.710. The first-order valence-electron chi connectivity index (χ1n) is 6.16. The van der Waals surface area contributed by atoms with E-state index in [2.05, 4.69) is 35.1 Å². The van der Waals surface area contributed by atoms with Crippen molar-refractivity contribution >= 4 is 0 Å². The molecule has 0 spiro atoms. The molecule has 3 heteroatoms. The fourth-order valence-corrected chi connectivity index (χ4v) is 2.09. The molecule has 1 aliphatic heterocycles. The minimum Gasteiger partial charge on any atom is -0.314 e. The smallest absolute Gasteiger partial charge is 0.0573 e. The zero-order chi connectivity index (χ0) is 11.4. The number of nitrogens with one attached hydrogen (secondary N) is 1. The number of pyridine rings is 1. The number of rotatable bonds is 5. The van der Waals surface area contributed by atoms with Crippen LogP contribution in [0.3, 0.4) is 0 Å². The Labute approximate surface area is 97.9 Å². The minimum atomic E-state index is 0.710. The zero-order valence-electron chi connectivity index (χ0n) is 10.2. The maximum atomic E-state index is 4.48. The monoisotopic (exact) mass is 219 g/mol. The summed E-state index contributed by atoms with van der Waals surface area (Å²) in [5.41, 5.74) is 2.53. The summed E-state index contributed by atoms with van der Waals surface area (Å²) in [5, 5.41) is 3.34. The summed E-state index contributed by atoms with van der Waals surface area (Å²) in [5.74, 6) is 0. The van der Waals surface area contributed by atoms with E-state index in [-0.39, 0.29) is 0 Å². The standard InChI is InChI=1S/C13H21N3/c1-3-7-16(12-8-14-9-12)10-13-11(2)5-4-6-15-13/h4-6,12,14H,3,7-10H2,1-2H3. The largest absolute Gasteiger partial charge is 0.314 e. The van der Waals surface area contributed by atoms with Gasteiger partial charge in [-0.05, 0) is 31.5 Å². The topological polar surface area (TPSA) is 28.2 Å². The number of hydrogen-bond donors (Lipinski definition) is 1. The lowest BCUT2D eigenvalue weighted by Crippen LogP contribution is -2.57. The van der Waals surface area contributed by atoms with Crippen molar-refractivity contribution in [3.63, 3.8) is 0 Å². The van der Waals surface area contributed by atoms with Gasteiger partial charge in [-0.3, -0.25) is 9.88 Å². The van der Waals surface area contributed by atoms with Gasteiger partial charge in [0.15, 0.2) is 0 Å². The lowest BCUT2D eigenvalue weighted by Gasteiger charge is -2.38. The molecule has 0 saturated carbocycles. The van der Waals surface area contributed by atoms with Gasteiger partial charge < -0.3 is 5.32 Å². The Bertz CT molecular complexity index is 334. The molecule has 1 fully saturated rings. The Hall–Kier alpha value is -0.930. The highest BCUT2D eigenvalue weighted by molar-refractivity contribution is 5.17. The van der Waals surface area contributed by atoms with E-state index in [4.69, 9.17) is 0 Å². The molecule has 2 rings (SSSR count). The van der Waals surface area contributed by atoms with E-state index in [9.17, 15) is 0 Å². The summed E-state index contributed by atoms with van der Waals surface area (Å²) in [6, 6.07) is 4.86. The van der Waals surface area contributed by atoms with Crippen molar-refractivity contribution in [1.29, 1.82) is 0 Å². The van der Waals surface area contributed by atoms with Crippen molar-refractivity contribution in [2.45, 2.75) is 32.9 Å². The molecule has 0 aliphatic carbocycles. The summed E-state index contributed by atoms with van der Waals surface area (Å²) in [6.07, 6.45) is 3.11. The van der Waals surface area contributed by atoms with Crippen molar-refractivity contribution in [1.82, 2.24) is 15.2 Å². The highest BCUT2D eigenvalue weighted by Crippen LogP contribution is 2.13. The normalized spacial score (nSPS) is 16.4. The summed E-state index contributed by atoms with van der Waals surface area (Å²) < 4.78 is 0. The number of hydrogen-bond acceptors (Lipinski definition) is 3. The molecule has 0 unspecified atom stereocenters. The second kappa shape index (κ2) is 5.41. The zero-order valence-corrected chi connectivity index (χ0v) is 10.2. The first-order valence-corrected chi connectivity index (χ1v) is 6.16. The number of aromatic nitrogens is 1. The van der Waals surface area contributed by atoms with Gasteiger partial charge in [0.1, 0.15) is 0 Å². The Balaban J connectivity index is 2.01. The SMILES string of the molecule is CCCN(Cc1ncccc1C)C1CNC1. The molecule has 88 valence electrons. The van der Waals surface area contributed by atoms with Crippen molar-refractivity contribution in [2.75, 3.05) is 19.6 Å². The van der Waals surface area contributed by atoms with Crippen LogP contribution in [-0.2, 0) is 6.54 Å². The molecule has 1 aliphatic rings. The van der Waals surface area contributed by atoms with E-state index >= 15 is 0 Å². The van der Waals surface area contributed by atoms with Crippen LogP contribution in [0, 0.1) is 6.92 Å². The van der Waals surface area contributed by atoms with Gasteiger partial charge in [-0.25, -0.2) is 0 Å². The molecular weight excluding hydrogens is 198 g/mol. The van der Waals surface area contributed by atoms with Gasteiger partial charge in [-0.15, -0.1) is 0 Å². The molecule has 0 amide bonds. The maximum absolute atomic E-state index is 4.48. The Kier molecular flexibility index (Phi) is 3.91. The van der Waals surface area contributed by atoms with Gasteiger partial charge in [0.2, 0.25) is 0 Å². The summed E-state index contributed by atoms with van der Waals surface area (Å²) in [7, 11) is 0. The van der Waals surface area contributed by atoms with Crippen molar-refractivity contribution in [2.24, 2.45) is 0 Å². The first kappa shape index (κ1) is 11.6. The molecular formula is C13H21N3. The van der Waals surface area contributed by atoms with E-state index in [0.717, 1.165) is 19.6 Å². The van der Waals surface area contributed by atoms with Crippen LogP contribution in [0.2, 0.25) is 0 Å². The van der Waals surface area contributed by atoms with Crippen LogP contribution in [0.25, 0.3) is 0 Å². The van der Waals surface area contributed by atoms with E-state index in [1.807, 2.05) is 12.3 Å². The number of nitrogens with zero attached hydrogens (tertiary/aromatic N) is 2. The lowest BCUT2D eigenvalue weighted by atomic mass is 10.1. The fourth-order valence-electron chi connectivity index (χ4n) is 2.09.